The summed E-state index contributed by atoms with van der Waals surface area (Å²) in [5, 5.41) is 11.7. The van der Waals surface area contributed by atoms with Crippen molar-refractivity contribution in [2.24, 2.45) is 0 Å². The van der Waals surface area contributed by atoms with Gasteiger partial charge in [0, 0.05) is 19.3 Å². The molecule has 0 bridgehead atoms. The Kier molecular flexibility index (Phi) is 48.2. The third-order valence-corrected chi connectivity index (χ3v) is 12.6. The van der Waals surface area contributed by atoms with Crippen molar-refractivity contribution in [3.05, 3.63) is 60.8 Å². The minimum absolute atomic E-state index is 0.0366. The molecular formula is C60H107NO7. The molecule has 0 N–H and O–H groups in total. The number of rotatable bonds is 51. The zero-order chi connectivity index (χ0) is 49.9. The predicted octanol–water partition coefficient (Wildman–Crippen LogP) is 15.5. The first kappa shape index (κ1) is 65.0. The van der Waals surface area contributed by atoms with Crippen LogP contribution in [0.4, 0.5) is 0 Å². The van der Waals surface area contributed by atoms with Gasteiger partial charge in [-0.3, -0.25) is 9.59 Å². The zero-order valence-corrected chi connectivity index (χ0v) is 45.0. The molecule has 0 saturated heterocycles. The predicted molar refractivity (Wildman–Crippen MR) is 286 cm³/mol. The molecule has 0 heterocycles. The summed E-state index contributed by atoms with van der Waals surface area (Å²) in [5.41, 5.74) is 0. The lowest BCUT2D eigenvalue weighted by Gasteiger charge is -2.34. The van der Waals surface area contributed by atoms with E-state index >= 15 is 0 Å². The van der Waals surface area contributed by atoms with Crippen LogP contribution in [0.2, 0.25) is 0 Å². The highest BCUT2D eigenvalue weighted by molar-refractivity contribution is 5.70. The van der Waals surface area contributed by atoms with E-state index in [1.54, 1.807) is 21.1 Å². The van der Waals surface area contributed by atoms with Gasteiger partial charge in [0.15, 0.2) is 6.10 Å². The van der Waals surface area contributed by atoms with E-state index in [2.05, 4.69) is 74.6 Å². The zero-order valence-electron chi connectivity index (χ0n) is 45.0. The maximum absolute atomic E-state index is 12.8. The number of carbonyl (C=O) groups is 3. The maximum Gasteiger partial charge on any atom is 0.306 e. The Balaban J connectivity index is 4.20. The Bertz CT molecular complexity index is 1290. The quantitative estimate of drug-likeness (QED) is 0.0259. The number of carboxylic acid groups (broad SMARTS) is 1. The van der Waals surface area contributed by atoms with Gasteiger partial charge in [-0.25, -0.2) is 0 Å². The number of unbranched alkanes of at least 4 members (excludes halogenated alkanes) is 27. The van der Waals surface area contributed by atoms with Crippen LogP contribution in [0.3, 0.4) is 0 Å². The molecule has 0 aliphatic carbocycles. The molecule has 0 saturated carbocycles. The van der Waals surface area contributed by atoms with Crippen molar-refractivity contribution in [1.29, 1.82) is 0 Å². The number of esters is 2. The second-order valence-corrected chi connectivity index (χ2v) is 20.1. The van der Waals surface area contributed by atoms with Gasteiger partial charge in [0.1, 0.15) is 12.6 Å². The maximum atomic E-state index is 12.8. The van der Waals surface area contributed by atoms with Gasteiger partial charge in [-0.05, 0) is 77.0 Å². The van der Waals surface area contributed by atoms with E-state index in [1.807, 2.05) is 0 Å². The number of nitrogens with zero attached hydrogens (tertiary/aromatic N) is 1. The van der Waals surface area contributed by atoms with Crippen LogP contribution in [0, 0.1) is 0 Å². The number of allylic oxidation sites excluding steroid dienone is 10. The summed E-state index contributed by atoms with van der Waals surface area (Å²) in [7, 11) is 5.42. The SMILES string of the molecule is CC/C=C/C/C=C/C/C=C/C/C=C/CCCCCCCCCCCC(=O)OCC(COCCC(C(=O)[O-])[N+](C)(C)C)OC(=O)CCCCCCCCC/C=C/CCCCCCCCCCCCC. The van der Waals surface area contributed by atoms with E-state index in [4.69, 9.17) is 14.2 Å². The molecule has 0 amide bonds. The highest BCUT2D eigenvalue weighted by atomic mass is 16.6. The smallest absolute Gasteiger partial charge is 0.306 e. The van der Waals surface area contributed by atoms with Crippen LogP contribution in [0.15, 0.2) is 60.8 Å². The Morgan fingerprint density at radius 2 is 0.824 bits per heavy atom. The van der Waals surface area contributed by atoms with Crippen molar-refractivity contribution in [2.45, 2.75) is 264 Å². The monoisotopic (exact) mass is 954 g/mol. The fraction of sp³-hybridized carbons (Fsp3) is 0.783. The molecule has 0 aromatic heterocycles. The third kappa shape index (κ3) is 48.1. The fourth-order valence-electron chi connectivity index (χ4n) is 8.29. The topological polar surface area (TPSA) is 102 Å². The number of carbonyl (C=O) groups excluding carboxylic acids is 3. The normalized spacial score (nSPS) is 13.2. The summed E-state index contributed by atoms with van der Waals surface area (Å²) in [4.78, 5) is 37.2. The highest BCUT2D eigenvalue weighted by Crippen LogP contribution is 2.16. The van der Waals surface area contributed by atoms with Crippen LogP contribution in [0.25, 0.3) is 0 Å². The van der Waals surface area contributed by atoms with Crippen LogP contribution in [-0.4, -0.2) is 75.5 Å². The number of hydrogen-bond donors (Lipinski definition) is 0. The second-order valence-electron chi connectivity index (χ2n) is 20.1. The molecule has 0 aromatic rings. The van der Waals surface area contributed by atoms with Crippen LogP contribution < -0.4 is 5.11 Å². The van der Waals surface area contributed by atoms with Crippen LogP contribution in [0.1, 0.15) is 251 Å². The molecule has 8 nitrogen and oxygen atoms in total. The number of ether oxygens (including phenoxy) is 3. The molecule has 0 spiro atoms. The highest BCUT2D eigenvalue weighted by Gasteiger charge is 2.25. The largest absolute Gasteiger partial charge is 0.544 e. The molecule has 0 fully saturated rings. The van der Waals surface area contributed by atoms with Crippen molar-refractivity contribution in [3.63, 3.8) is 0 Å². The standard InChI is InChI=1S/C60H107NO7/c1-6-8-10-12-14-16-18-20-22-24-26-28-30-32-34-36-38-40-42-44-46-48-50-58(62)67-55-56(54-66-53-52-57(60(64)65)61(3,4)5)68-59(63)51-49-47-45-43-41-39-37-35-33-31-29-27-25-23-21-19-17-15-13-11-9-7-2/h8,10,14,16,20,22,26,28,31,33,56-57H,6-7,9,11-13,15,17-19,21,23-25,27,29-30,32,34-55H2,1-5H3/b10-8+,16-14+,22-20+,28-26+,33-31+. The van der Waals surface area contributed by atoms with Crippen molar-refractivity contribution in [2.75, 3.05) is 41.0 Å². The summed E-state index contributed by atoms with van der Waals surface area (Å²) < 4.78 is 17.3. The van der Waals surface area contributed by atoms with Crippen LogP contribution in [0.5, 0.6) is 0 Å². The summed E-state index contributed by atoms with van der Waals surface area (Å²) in [5.74, 6) is -1.74. The van der Waals surface area contributed by atoms with Crippen molar-refractivity contribution < 1.29 is 38.2 Å². The summed E-state index contributed by atoms with van der Waals surface area (Å²) in [6, 6.07) is -0.730. The molecule has 0 aliphatic heterocycles. The molecule has 8 heteroatoms. The van der Waals surface area contributed by atoms with Gasteiger partial charge in [0.25, 0.3) is 0 Å². The van der Waals surface area contributed by atoms with Crippen molar-refractivity contribution in [1.82, 2.24) is 0 Å². The first-order valence-corrected chi connectivity index (χ1v) is 28.3. The number of quaternary nitrogens is 1. The van der Waals surface area contributed by atoms with Gasteiger partial charge in [-0.15, -0.1) is 0 Å². The number of likely N-dealkylation sites (N-methyl/N-ethyl adjacent to an activating group) is 1. The van der Waals surface area contributed by atoms with Gasteiger partial charge in [0.05, 0.1) is 40.3 Å². The average molecular weight is 955 g/mol. The molecule has 0 aromatic carbocycles. The summed E-state index contributed by atoms with van der Waals surface area (Å²) in [6.45, 7) is 4.57. The average Bonchev–Trinajstić information content (AvgIpc) is 3.30. The fourth-order valence-corrected chi connectivity index (χ4v) is 8.29. The molecule has 2 unspecified atom stereocenters. The van der Waals surface area contributed by atoms with Gasteiger partial charge in [0.2, 0.25) is 0 Å². The number of hydrogen-bond acceptors (Lipinski definition) is 7. The molecule has 2 atom stereocenters. The molecule has 0 aliphatic rings. The molecule has 68 heavy (non-hydrogen) atoms. The summed E-state index contributed by atoms with van der Waals surface area (Å²) >= 11 is 0. The molecular weight excluding hydrogens is 847 g/mol. The minimum Gasteiger partial charge on any atom is -0.544 e. The molecule has 394 valence electrons. The van der Waals surface area contributed by atoms with E-state index < -0.39 is 18.1 Å². The Hall–Kier alpha value is -2.97. The minimum atomic E-state index is -1.13. The van der Waals surface area contributed by atoms with Gasteiger partial charge < -0.3 is 28.6 Å². The first-order chi connectivity index (χ1) is 33.1. The lowest BCUT2D eigenvalue weighted by atomic mass is 10.0. The third-order valence-electron chi connectivity index (χ3n) is 12.6. The lowest BCUT2D eigenvalue weighted by Crippen LogP contribution is -2.55. The van der Waals surface area contributed by atoms with E-state index in [-0.39, 0.29) is 42.7 Å². The Morgan fingerprint density at radius 1 is 0.456 bits per heavy atom. The Labute approximate surface area is 419 Å². The molecule has 0 rings (SSSR count). The van der Waals surface area contributed by atoms with Gasteiger partial charge >= 0.3 is 11.9 Å². The van der Waals surface area contributed by atoms with E-state index in [0.29, 0.717) is 12.8 Å². The van der Waals surface area contributed by atoms with E-state index in [9.17, 15) is 19.5 Å². The Morgan fingerprint density at radius 3 is 1.24 bits per heavy atom. The number of carboxylic acids is 1. The summed E-state index contributed by atoms with van der Waals surface area (Å²) in [6.07, 6.45) is 64.0. The first-order valence-electron chi connectivity index (χ1n) is 28.3. The van der Waals surface area contributed by atoms with Crippen LogP contribution >= 0.6 is 0 Å². The second kappa shape index (κ2) is 50.4. The lowest BCUT2D eigenvalue weighted by molar-refractivity contribution is -0.889. The van der Waals surface area contributed by atoms with Crippen molar-refractivity contribution in [3.8, 4) is 0 Å². The van der Waals surface area contributed by atoms with E-state index in [0.717, 1.165) is 70.6 Å². The van der Waals surface area contributed by atoms with E-state index in [1.165, 1.54) is 148 Å². The molecule has 0 radical (unpaired) electrons. The van der Waals surface area contributed by atoms with Gasteiger partial charge in [-0.2, -0.15) is 0 Å². The van der Waals surface area contributed by atoms with Gasteiger partial charge in [-0.1, -0.05) is 216 Å². The number of aliphatic carboxylic acids is 1. The van der Waals surface area contributed by atoms with Crippen molar-refractivity contribution >= 4 is 17.9 Å². The van der Waals surface area contributed by atoms with Crippen LogP contribution in [-0.2, 0) is 28.6 Å².